The number of nitrogens with one attached hydrogen (secondary N) is 3. The van der Waals surface area contributed by atoms with Gasteiger partial charge in [0.2, 0.25) is 5.91 Å². The Hall–Kier alpha value is -2.40. The van der Waals surface area contributed by atoms with Crippen molar-refractivity contribution in [1.29, 1.82) is 0 Å². The van der Waals surface area contributed by atoms with Crippen LogP contribution in [-0.2, 0) is 11.3 Å². The Morgan fingerprint density at radius 1 is 1.00 bits per heavy atom. The van der Waals surface area contributed by atoms with Gasteiger partial charge in [-0.15, -0.1) is 0 Å². The van der Waals surface area contributed by atoms with E-state index in [2.05, 4.69) is 23.1 Å². The van der Waals surface area contributed by atoms with E-state index in [0.29, 0.717) is 11.7 Å². The van der Waals surface area contributed by atoms with Crippen molar-refractivity contribution in [3.05, 3.63) is 71.8 Å². The fraction of sp³-hybridized carbons (Fsp3) is 0.263. The van der Waals surface area contributed by atoms with E-state index in [4.69, 9.17) is 12.2 Å². The number of hydrogen-bond donors (Lipinski definition) is 3. The van der Waals surface area contributed by atoms with Crippen LogP contribution in [0.1, 0.15) is 36.8 Å². The maximum atomic E-state index is 12.5. The van der Waals surface area contributed by atoms with Crippen LogP contribution in [-0.4, -0.2) is 11.0 Å². The molecule has 0 saturated carbocycles. The van der Waals surface area contributed by atoms with Gasteiger partial charge in [0.25, 0.3) is 0 Å². The molecule has 0 saturated heterocycles. The van der Waals surface area contributed by atoms with Crippen molar-refractivity contribution in [2.45, 2.75) is 32.2 Å². The Morgan fingerprint density at radius 2 is 1.62 bits per heavy atom. The summed E-state index contributed by atoms with van der Waals surface area (Å²) in [5.74, 6) is -0.257. The molecule has 0 aliphatic heterocycles. The zero-order valence-electron chi connectivity index (χ0n) is 13.8. The summed E-state index contributed by atoms with van der Waals surface area (Å²) in [7, 11) is 0. The molecule has 24 heavy (non-hydrogen) atoms. The van der Waals surface area contributed by atoms with Crippen molar-refractivity contribution in [2.75, 3.05) is 0 Å². The molecule has 0 aromatic heterocycles. The highest BCUT2D eigenvalue weighted by Gasteiger charge is 2.19. The van der Waals surface area contributed by atoms with E-state index in [-0.39, 0.29) is 11.8 Å². The van der Waals surface area contributed by atoms with E-state index in [1.54, 1.807) is 0 Å². The number of thiocarbonyl (C=S) groups is 1. The van der Waals surface area contributed by atoms with Crippen LogP contribution in [0.25, 0.3) is 0 Å². The molecule has 5 heteroatoms. The molecule has 2 rings (SSSR count). The van der Waals surface area contributed by atoms with E-state index in [9.17, 15) is 4.79 Å². The van der Waals surface area contributed by atoms with E-state index in [1.807, 2.05) is 60.7 Å². The fourth-order valence-electron chi connectivity index (χ4n) is 2.45. The minimum absolute atomic E-state index is 0.0769. The highest BCUT2D eigenvalue weighted by Crippen LogP contribution is 2.20. The van der Waals surface area contributed by atoms with Gasteiger partial charge >= 0.3 is 0 Å². The predicted molar refractivity (Wildman–Crippen MR) is 101 cm³/mol. The normalized spacial score (nSPS) is 11.4. The first-order chi connectivity index (χ1) is 11.7. The molecule has 2 aromatic carbocycles. The molecule has 0 unspecified atom stereocenters. The summed E-state index contributed by atoms with van der Waals surface area (Å²) in [6.45, 7) is 2.68. The monoisotopic (exact) mass is 341 g/mol. The number of benzene rings is 2. The van der Waals surface area contributed by atoms with Crippen LogP contribution in [0, 0.1) is 0 Å². The van der Waals surface area contributed by atoms with E-state index >= 15 is 0 Å². The van der Waals surface area contributed by atoms with Crippen molar-refractivity contribution >= 4 is 23.2 Å². The van der Waals surface area contributed by atoms with E-state index < -0.39 is 0 Å². The Balaban J connectivity index is 1.83. The Labute approximate surface area is 148 Å². The topological polar surface area (TPSA) is 53.2 Å². The van der Waals surface area contributed by atoms with Crippen LogP contribution in [0.15, 0.2) is 60.7 Å². The van der Waals surface area contributed by atoms with Gasteiger partial charge in [-0.2, -0.15) is 0 Å². The minimum Gasteiger partial charge on any atom is -0.357 e. The van der Waals surface area contributed by atoms with Gasteiger partial charge in [-0.3, -0.25) is 15.6 Å². The second kappa shape index (κ2) is 9.67. The van der Waals surface area contributed by atoms with Crippen molar-refractivity contribution in [1.82, 2.24) is 16.2 Å². The molecule has 0 radical (unpaired) electrons. The predicted octanol–water partition coefficient (Wildman–Crippen LogP) is 3.27. The fourth-order valence-corrected chi connectivity index (χ4v) is 2.57. The largest absolute Gasteiger partial charge is 0.357 e. The van der Waals surface area contributed by atoms with E-state index in [0.717, 1.165) is 24.0 Å². The third kappa shape index (κ3) is 5.66. The molecule has 1 amide bonds. The van der Waals surface area contributed by atoms with Gasteiger partial charge in [-0.1, -0.05) is 74.0 Å². The number of hydrazine groups is 1. The molecular formula is C19H23N3OS. The average molecular weight is 341 g/mol. The molecule has 1 atom stereocenters. The smallest absolute Gasteiger partial charge is 0.245 e. The zero-order valence-corrected chi connectivity index (χ0v) is 14.6. The SMILES string of the molecule is CCC[C@@H](C(=O)NNC(=S)NCc1ccccc1)c1ccccc1. The summed E-state index contributed by atoms with van der Waals surface area (Å²) >= 11 is 5.20. The molecule has 0 fully saturated rings. The third-order valence-corrected chi connectivity index (χ3v) is 3.94. The van der Waals surface area contributed by atoms with Crippen LogP contribution < -0.4 is 16.2 Å². The molecule has 0 bridgehead atoms. The van der Waals surface area contributed by atoms with Gasteiger partial charge in [-0.25, -0.2) is 0 Å². The summed E-state index contributed by atoms with van der Waals surface area (Å²) < 4.78 is 0. The summed E-state index contributed by atoms with van der Waals surface area (Å²) in [6.07, 6.45) is 1.73. The quantitative estimate of drug-likeness (QED) is 0.558. The van der Waals surface area contributed by atoms with E-state index in [1.165, 1.54) is 0 Å². The van der Waals surface area contributed by atoms with Gasteiger partial charge in [0, 0.05) is 6.54 Å². The lowest BCUT2D eigenvalue weighted by molar-refractivity contribution is -0.123. The lowest BCUT2D eigenvalue weighted by Crippen LogP contribution is -2.48. The summed E-state index contributed by atoms with van der Waals surface area (Å²) in [6, 6.07) is 19.8. The van der Waals surface area contributed by atoms with Gasteiger partial charge in [0.1, 0.15) is 0 Å². The lowest BCUT2D eigenvalue weighted by atomic mass is 9.94. The third-order valence-electron chi connectivity index (χ3n) is 3.69. The maximum Gasteiger partial charge on any atom is 0.245 e. The standard InChI is InChI=1S/C19H23N3OS/c1-2-9-17(16-12-7-4-8-13-16)18(23)21-22-19(24)20-14-15-10-5-3-6-11-15/h3-8,10-13,17H,2,9,14H2,1H3,(H,21,23)(H2,20,22,24)/t17-/m1/s1. The second-order valence-electron chi connectivity index (χ2n) is 5.53. The number of carbonyl (C=O) groups is 1. The maximum absolute atomic E-state index is 12.5. The molecule has 4 nitrogen and oxygen atoms in total. The second-order valence-corrected chi connectivity index (χ2v) is 5.94. The van der Waals surface area contributed by atoms with Crippen LogP contribution in [0.5, 0.6) is 0 Å². The van der Waals surface area contributed by atoms with Crippen LogP contribution in [0.3, 0.4) is 0 Å². The molecule has 126 valence electrons. The van der Waals surface area contributed by atoms with Gasteiger partial charge in [-0.05, 0) is 29.8 Å². The molecule has 2 aromatic rings. The summed E-state index contributed by atoms with van der Waals surface area (Å²) in [4.78, 5) is 12.5. The lowest BCUT2D eigenvalue weighted by Gasteiger charge is -2.18. The molecule has 0 spiro atoms. The summed E-state index contributed by atoms with van der Waals surface area (Å²) in [5, 5.41) is 3.47. The van der Waals surface area contributed by atoms with Crippen LogP contribution >= 0.6 is 12.2 Å². The molecule has 0 aliphatic carbocycles. The Kier molecular flexibility index (Phi) is 7.23. The van der Waals surface area contributed by atoms with Crippen LogP contribution in [0.4, 0.5) is 0 Å². The van der Waals surface area contributed by atoms with Gasteiger partial charge in [0.05, 0.1) is 5.92 Å². The van der Waals surface area contributed by atoms with Crippen molar-refractivity contribution in [3.8, 4) is 0 Å². The Morgan fingerprint density at radius 3 is 2.25 bits per heavy atom. The minimum atomic E-state index is -0.180. The number of hydrogen-bond acceptors (Lipinski definition) is 2. The summed E-state index contributed by atoms with van der Waals surface area (Å²) in [5.41, 5.74) is 7.63. The van der Waals surface area contributed by atoms with Crippen molar-refractivity contribution in [2.24, 2.45) is 0 Å². The highest BCUT2D eigenvalue weighted by atomic mass is 32.1. The molecule has 0 heterocycles. The first kappa shape index (κ1) is 17.9. The van der Waals surface area contributed by atoms with Crippen molar-refractivity contribution < 1.29 is 4.79 Å². The number of rotatable bonds is 6. The number of carbonyl (C=O) groups excluding carboxylic acids is 1. The first-order valence-corrected chi connectivity index (χ1v) is 8.54. The molecule has 0 aliphatic rings. The highest BCUT2D eigenvalue weighted by molar-refractivity contribution is 7.80. The van der Waals surface area contributed by atoms with Crippen molar-refractivity contribution in [3.63, 3.8) is 0 Å². The van der Waals surface area contributed by atoms with Gasteiger partial charge in [0.15, 0.2) is 5.11 Å². The Bertz CT molecular complexity index is 646. The van der Waals surface area contributed by atoms with Crippen LogP contribution in [0.2, 0.25) is 0 Å². The first-order valence-electron chi connectivity index (χ1n) is 8.13. The van der Waals surface area contributed by atoms with Gasteiger partial charge < -0.3 is 5.32 Å². The average Bonchev–Trinajstić information content (AvgIpc) is 2.64. The number of amides is 1. The zero-order chi connectivity index (χ0) is 17.2. The molecular weight excluding hydrogens is 318 g/mol. The molecule has 3 N–H and O–H groups in total.